The third kappa shape index (κ3) is 0.947. The zero-order valence-electron chi connectivity index (χ0n) is 3.34. The summed E-state index contributed by atoms with van der Waals surface area (Å²) in [7, 11) is 0. The van der Waals surface area contributed by atoms with E-state index in [1.165, 1.54) is 0 Å². The van der Waals surface area contributed by atoms with Gasteiger partial charge in [-0.05, 0) is 6.08 Å². The van der Waals surface area contributed by atoms with Crippen LogP contribution in [0.5, 0.6) is 0 Å². The van der Waals surface area contributed by atoms with Crippen LogP contribution in [-0.2, 0) is 0 Å². The Hall–Kier alpha value is -0.470. The molecular weight excluding hydrogens is 105 g/mol. The summed E-state index contributed by atoms with van der Waals surface area (Å²) in [6.45, 7) is 0. The predicted octanol–water partition coefficient (Wildman–Crippen LogP) is 1.68. The molecule has 0 amide bonds. The van der Waals surface area contributed by atoms with E-state index in [0.29, 0.717) is 0 Å². The average Bonchev–Trinajstić information content (AvgIpc) is 1.99. The summed E-state index contributed by atoms with van der Waals surface area (Å²) in [6, 6.07) is 0. The van der Waals surface area contributed by atoms with E-state index in [0.717, 1.165) is 0 Å². The molecule has 0 N–H and O–H groups in total. The van der Waals surface area contributed by atoms with Gasteiger partial charge in [0.05, 0.1) is 0 Å². The summed E-state index contributed by atoms with van der Waals surface area (Å²) in [5.74, 6) is 0. The minimum Gasteiger partial charge on any atom is -0.166 e. The third-order valence-corrected chi connectivity index (χ3v) is 0.696. The quantitative estimate of drug-likeness (QED) is 0.441. The van der Waals surface area contributed by atoms with Gasteiger partial charge < -0.3 is 0 Å². The highest BCUT2D eigenvalue weighted by atomic mass is 19.4. The number of allylic oxidation sites excluding steroid dienone is 2. The SMILES string of the molecule is FC(F)(F)C1=[C]C1. The van der Waals surface area contributed by atoms with E-state index >= 15 is 0 Å². The summed E-state index contributed by atoms with van der Waals surface area (Å²) >= 11 is 0. The molecule has 0 aromatic rings. The Morgan fingerprint density at radius 2 is 1.86 bits per heavy atom. The van der Waals surface area contributed by atoms with Gasteiger partial charge in [0.1, 0.15) is 0 Å². The first kappa shape index (κ1) is 4.68. The molecule has 3 heteroatoms. The second-order valence-electron chi connectivity index (χ2n) is 1.33. The van der Waals surface area contributed by atoms with Gasteiger partial charge in [-0.15, -0.1) is 0 Å². The molecule has 0 aliphatic heterocycles. The van der Waals surface area contributed by atoms with Gasteiger partial charge in [-0.25, -0.2) is 0 Å². The van der Waals surface area contributed by atoms with Crippen LogP contribution >= 0.6 is 0 Å². The molecule has 0 saturated heterocycles. The molecule has 0 saturated carbocycles. The Morgan fingerprint density at radius 1 is 1.43 bits per heavy atom. The standard InChI is InChI=1S/C4H2F3/c5-4(6,7)3-1-2-3/h1H2. The van der Waals surface area contributed by atoms with Crippen LogP contribution in [0.25, 0.3) is 0 Å². The highest BCUT2D eigenvalue weighted by Crippen LogP contribution is 2.35. The number of alkyl halides is 3. The minimum absolute atomic E-state index is 0.0174. The molecule has 1 aliphatic carbocycles. The summed E-state index contributed by atoms with van der Waals surface area (Å²) < 4.78 is 33.4. The fourth-order valence-electron chi connectivity index (χ4n) is 0.245. The van der Waals surface area contributed by atoms with Gasteiger partial charge in [-0.3, -0.25) is 0 Å². The van der Waals surface area contributed by atoms with Crippen LogP contribution in [0.1, 0.15) is 6.42 Å². The first-order chi connectivity index (χ1) is 3.11. The Labute approximate surface area is 38.6 Å². The maximum absolute atomic E-state index is 11.1. The van der Waals surface area contributed by atoms with Crippen LogP contribution < -0.4 is 0 Å². The molecule has 1 aliphatic rings. The lowest BCUT2D eigenvalue weighted by molar-refractivity contribution is -0.0875. The van der Waals surface area contributed by atoms with Gasteiger partial charge in [0.2, 0.25) is 0 Å². The lowest BCUT2D eigenvalue weighted by Gasteiger charge is -1.95. The zero-order valence-corrected chi connectivity index (χ0v) is 3.34. The van der Waals surface area contributed by atoms with Crippen molar-refractivity contribution in [3.8, 4) is 0 Å². The third-order valence-electron chi connectivity index (χ3n) is 0.696. The van der Waals surface area contributed by atoms with Crippen LogP contribution in [0.3, 0.4) is 0 Å². The number of rotatable bonds is 0. The van der Waals surface area contributed by atoms with Gasteiger partial charge in [-0.1, -0.05) is 0 Å². The van der Waals surface area contributed by atoms with Crippen molar-refractivity contribution in [2.75, 3.05) is 0 Å². The lowest BCUT2D eigenvalue weighted by atomic mass is 10.5. The van der Waals surface area contributed by atoms with Crippen LogP contribution in [0.4, 0.5) is 13.2 Å². The maximum atomic E-state index is 11.1. The summed E-state index contributed by atoms with van der Waals surface area (Å²) in [4.78, 5) is 0. The molecule has 0 aromatic heterocycles. The Balaban J connectivity index is 2.53. The molecule has 7 heavy (non-hydrogen) atoms. The highest BCUT2D eigenvalue weighted by Gasteiger charge is 2.38. The van der Waals surface area contributed by atoms with Crippen molar-refractivity contribution < 1.29 is 13.2 Å². The molecule has 1 rings (SSSR count). The minimum atomic E-state index is -4.08. The molecule has 0 fully saturated rings. The smallest absolute Gasteiger partial charge is 0.166 e. The van der Waals surface area contributed by atoms with Crippen molar-refractivity contribution in [3.63, 3.8) is 0 Å². The van der Waals surface area contributed by atoms with E-state index in [2.05, 4.69) is 6.08 Å². The fraction of sp³-hybridized carbons (Fsp3) is 0.500. The van der Waals surface area contributed by atoms with Crippen LogP contribution in [0.15, 0.2) is 5.57 Å². The van der Waals surface area contributed by atoms with E-state index in [1.54, 1.807) is 0 Å². The van der Waals surface area contributed by atoms with Crippen molar-refractivity contribution >= 4 is 0 Å². The van der Waals surface area contributed by atoms with Crippen molar-refractivity contribution in [1.29, 1.82) is 0 Å². The van der Waals surface area contributed by atoms with E-state index in [4.69, 9.17) is 0 Å². The largest absolute Gasteiger partial charge is 0.413 e. The molecule has 0 atom stereocenters. The second kappa shape index (κ2) is 1.02. The molecule has 0 spiro atoms. The summed E-state index contributed by atoms with van der Waals surface area (Å²) in [6.07, 6.45) is -2.00. The number of hydrogen-bond donors (Lipinski definition) is 0. The maximum Gasteiger partial charge on any atom is 0.413 e. The number of halogens is 3. The molecule has 0 heterocycles. The topological polar surface area (TPSA) is 0 Å². The van der Waals surface area contributed by atoms with Gasteiger partial charge in [0.15, 0.2) is 0 Å². The van der Waals surface area contributed by atoms with E-state index in [-0.39, 0.29) is 6.42 Å². The molecule has 0 bridgehead atoms. The van der Waals surface area contributed by atoms with Crippen molar-refractivity contribution in [1.82, 2.24) is 0 Å². The Kier molecular flexibility index (Phi) is 0.685. The van der Waals surface area contributed by atoms with E-state index in [1.807, 2.05) is 0 Å². The van der Waals surface area contributed by atoms with E-state index < -0.39 is 11.7 Å². The van der Waals surface area contributed by atoms with Gasteiger partial charge in [0, 0.05) is 12.0 Å². The monoisotopic (exact) mass is 107 g/mol. The zero-order chi connectivity index (χ0) is 5.49. The van der Waals surface area contributed by atoms with Crippen molar-refractivity contribution in [3.05, 3.63) is 11.6 Å². The first-order valence-corrected chi connectivity index (χ1v) is 1.77. The highest BCUT2D eigenvalue weighted by molar-refractivity contribution is 5.20. The Bertz CT molecular complexity index is 109. The lowest BCUT2D eigenvalue weighted by Crippen LogP contribution is -2.02. The Morgan fingerprint density at radius 3 is 1.86 bits per heavy atom. The van der Waals surface area contributed by atoms with Crippen LogP contribution in [0.2, 0.25) is 0 Å². The molecule has 0 nitrogen and oxygen atoms in total. The second-order valence-corrected chi connectivity index (χ2v) is 1.33. The fourth-order valence-corrected chi connectivity index (χ4v) is 0.245. The van der Waals surface area contributed by atoms with Crippen LogP contribution in [0, 0.1) is 6.08 Å². The predicted molar refractivity (Wildman–Crippen MR) is 17.4 cm³/mol. The molecule has 39 valence electrons. The molecular formula is C4H2F3. The van der Waals surface area contributed by atoms with Gasteiger partial charge in [0.25, 0.3) is 0 Å². The molecule has 0 unspecified atom stereocenters. The molecule has 0 aromatic carbocycles. The molecule has 1 radical (unpaired) electrons. The van der Waals surface area contributed by atoms with Crippen molar-refractivity contribution in [2.24, 2.45) is 0 Å². The van der Waals surface area contributed by atoms with Gasteiger partial charge in [-0.2, -0.15) is 13.2 Å². The van der Waals surface area contributed by atoms with E-state index in [9.17, 15) is 13.2 Å². The van der Waals surface area contributed by atoms with Gasteiger partial charge >= 0.3 is 6.18 Å². The normalized spacial score (nSPS) is 19.0. The van der Waals surface area contributed by atoms with Crippen molar-refractivity contribution in [2.45, 2.75) is 12.6 Å². The first-order valence-electron chi connectivity index (χ1n) is 1.77. The van der Waals surface area contributed by atoms with Crippen LogP contribution in [-0.4, -0.2) is 6.18 Å². The summed E-state index contributed by atoms with van der Waals surface area (Å²) in [5, 5.41) is 0. The number of hydrogen-bond acceptors (Lipinski definition) is 0. The summed E-state index contributed by atoms with van der Waals surface area (Å²) in [5.41, 5.74) is -0.507. The average molecular weight is 107 g/mol.